The maximum atomic E-state index is 2.93. The Morgan fingerprint density at radius 1 is 1.00 bits per heavy atom. The fraction of sp³-hybridized carbons (Fsp3) is 0.250. The average molecular weight is 138 g/mol. The summed E-state index contributed by atoms with van der Waals surface area (Å²) in [6, 6.07) is 0. The van der Waals surface area contributed by atoms with Crippen LogP contribution in [0.1, 0.15) is 13.8 Å². The Morgan fingerprint density at radius 2 is 1.44 bits per heavy atom. The maximum absolute atomic E-state index is 2.93. The second-order valence-electron chi connectivity index (χ2n) is 1.28. The Morgan fingerprint density at radius 3 is 1.78 bits per heavy atom. The summed E-state index contributed by atoms with van der Waals surface area (Å²) in [5.41, 5.74) is 5.87. The van der Waals surface area contributed by atoms with Gasteiger partial charge in [0.25, 0.3) is 0 Å². The Labute approximate surface area is 60.7 Å². The van der Waals surface area contributed by atoms with Crippen LogP contribution in [0.25, 0.3) is 0 Å². The van der Waals surface area contributed by atoms with Gasteiger partial charge in [-0.05, 0) is 26.0 Å². The number of thioether (sulfide) groups is 1. The second kappa shape index (κ2) is 7.39. The van der Waals surface area contributed by atoms with Gasteiger partial charge in [-0.25, -0.2) is 0 Å². The van der Waals surface area contributed by atoms with Crippen molar-refractivity contribution in [1.29, 1.82) is 0 Å². The van der Waals surface area contributed by atoms with Crippen LogP contribution in [-0.2, 0) is 0 Å². The lowest BCUT2D eigenvalue weighted by Gasteiger charge is -1.69. The highest BCUT2D eigenvalue weighted by Gasteiger charge is 1.61. The minimum atomic E-state index is 1.57. The van der Waals surface area contributed by atoms with Crippen molar-refractivity contribution in [3.05, 3.63) is 34.4 Å². The summed E-state index contributed by atoms with van der Waals surface area (Å²) in [7, 11) is 0. The lowest BCUT2D eigenvalue weighted by Crippen LogP contribution is -1.37. The summed E-state index contributed by atoms with van der Waals surface area (Å²) in [4.78, 5) is 0. The van der Waals surface area contributed by atoms with Crippen LogP contribution >= 0.6 is 11.8 Å². The van der Waals surface area contributed by atoms with Crippen LogP contribution < -0.4 is 0 Å². The summed E-state index contributed by atoms with van der Waals surface area (Å²) < 4.78 is 0. The summed E-state index contributed by atoms with van der Waals surface area (Å²) >= 11 is 1.57. The van der Waals surface area contributed by atoms with Crippen molar-refractivity contribution in [3.8, 4) is 0 Å². The second-order valence-corrected chi connectivity index (χ2v) is 2.03. The predicted octanol–water partition coefficient (Wildman–Crippen LogP) is 3.10. The Balaban J connectivity index is 3.53. The van der Waals surface area contributed by atoms with E-state index in [2.05, 4.69) is 11.5 Å². The Bertz CT molecular complexity index is 145. The van der Waals surface area contributed by atoms with Crippen LogP contribution in [-0.4, -0.2) is 0 Å². The molecule has 0 aliphatic heterocycles. The van der Waals surface area contributed by atoms with Crippen LogP contribution in [0.15, 0.2) is 34.4 Å². The van der Waals surface area contributed by atoms with Gasteiger partial charge >= 0.3 is 0 Å². The molecule has 0 aromatic carbocycles. The van der Waals surface area contributed by atoms with Crippen molar-refractivity contribution in [1.82, 2.24) is 0 Å². The van der Waals surface area contributed by atoms with E-state index in [9.17, 15) is 0 Å². The molecule has 0 amide bonds. The van der Waals surface area contributed by atoms with Crippen molar-refractivity contribution in [3.63, 3.8) is 0 Å². The highest BCUT2D eigenvalue weighted by atomic mass is 32.2. The normalized spacial score (nSPS) is 6.44. The maximum Gasteiger partial charge on any atom is 0.0175 e. The van der Waals surface area contributed by atoms with Gasteiger partial charge in [0.05, 0.1) is 0 Å². The molecule has 9 heavy (non-hydrogen) atoms. The van der Waals surface area contributed by atoms with Gasteiger partial charge in [-0.15, -0.1) is 11.5 Å². The summed E-state index contributed by atoms with van der Waals surface area (Å²) in [5, 5.41) is 3.77. The average Bonchev–Trinajstić information content (AvgIpc) is 1.89. The Hall–Kier alpha value is -0.610. The molecule has 0 nitrogen and oxygen atoms in total. The molecule has 0 unspecified atom stereocenters. The fourth-order valence-electron chi connectivity index (χ4n) is 0.249. The van der Waals surface area contributed by atoms with E-state index in [4.69, 9.17) is 0 Å². The van der Waals surface area contributed by atoms with Gasteiger partial charge < -0.3 is 0 Å². The molecule has 0 aromatic heterocycles. The summed E-state index contributed by atoms with van der Waals surface area (Å²) in [6.07, 6.45) is 3.74. The van der Waals surface area contributed by atoms with Gasteiger partial charge in [0.15, 0.2) is 0 Å². The zero-order chi connectivity index (χ0) is 6.95. The molecule has 0 saturated carbocycles. The molecule has 0 rings (SSSR count). The van der Waals surface area contributed by atoms with Crippen molar-refractivity contribution in [2.24, 2.45) is 0 Å². The molecule has 0 N–H and O–H groups in total. The van der Waals surface area contributed by atoms with Gasteiger partial charge in [0.1, 0.15) is 0 Å². The molecule has 0 spiro atoms. The van der Waals surface area contributed by atoms with Crippen LogP contribution in [0, 0.1) is 0 Å². The molecule has 0 aliphatic rings. The van der Waals surface area contributed by atoms with Gasteiger partial charge in [-0.3, -0.25) is 0 Å². The van der Waals surface area contributed by atoms with Crippen LogP contribution in [0.3, 0.4) is 0 Å². The van der Waals surface area contributed by atoms with Crippen molar-refractivity contribution in [2.45, 2.75) is 13.8 Å². The first kappa shape index (κ1) is 8.39. The van der Waals surface area contributed by atoms with E-state index in [1.54, 1.807) is 11.8 Å². The third kappa shape index (κ3) is 7.39. The van der Waals surface area contributed by atoms with Crippen molar-refractivity contribution in [2.75, 3.05) is 0 Å². The lowest BCUT2D eigenvalue weighted by molar-refractivity contribution is 1.78. The van der Waals surface area contributed by atoms with E-state index in [0.717, 1.165) is 0 Å². The third-order valence-corrected chi connectivity index (χ3v) is 1.15. The van der Waals surface area contributed by atoms with E-state index in [-0.39, 0.29) is 0 Å². The summed E-state index contributed by atoms with van der Waals surface area (Å²) in [5.74, 6) is 0. The van der Waals surface area contributed by atoms with Gasteiger partial charge in [0, 0.05) is 10.8 Å². The van der Waals surface area contributed by atoms with E-state index < -0.39 is 0 Å². The first-order chi connectivity index (χ1) is 4.41. The van der Waals surface area contributed by atoms with Gasteiger partial charge in [0.2, 0.25) is 0 Å². The van der Waals surface area contributed by atoms with E-state index in [1.807, 2.05) is 36.8 Å². The quantitative estimate of drug-likeness (QED) is 0.528. The van der Waals surface area contributed by atoms with Gasteiger partial charge in [-0.2, -0.15) is 0 Å². The molecule has 0 bridgehead atoms. The first-order valence-corrected chi connectivity index (χ1v) is 3.72. The summed E-state index contributed by atoms with van der Waals surface area (Å²) in [6.45, 7) is 3.88. The highest BCUT2D eigenvalue weighted by Crippen LogP contribution is 1.99. The number of hydrogen-bond donors (Lipinski definition) is 0. The SMILES string of the molecule is CC=C=CSC=C=CC. The predicted molar refractivity (Wildman–Crippen MR) is 44.2 cm³/mol. The van der Waals surface area contributed by atoms with Crippen molar-refractivity contribution >= 4 is 11.8 Å². The molecule has 48 valence electrons. The van der Waals surface area contributed by atoms with Crippen LogP contribution in [0.2, 0.25) is 0 Å². The molecule has 0 heterocycles. The third-order valence-electron chi connectivity index (χ3n) is 0.605. The molecule has 0 saturated heterocycles. The van der Waals surface area contributed by atoms with Crippen LogP contribution in [0.4, 0.5) is 0 Å². The smallest absolute Gasteiger partial charge is 0.0175 e. The standard InChI is InChI=1S/C8H10S/c1-3-5-7-9-8-6-4-2/h3-4,7-8H,1-2H3. The molecular weight excluding hydrogens is 128 g/mol. The molecule has 0 atom stereocenters. The van der Waals surface area contributed by atoms with E-state index >= 15 is 0 Å². The van der Waals surface area contributed by atoms with E-state index in [0.29, 0.717) is 0 Å². The van der Waals surface area contributed by atoms with Gasteiger partial charge in [-0.1, -0.05) is 11.8 Å². The van der Waals surface area contributed by atoms with E-state index in [1.165, 1.54) is 0 Å². The van der Waals surface area contributed by atoms with Crippen molar-refractivity contribution < 1.29 is 0 Å². The number of rotatable bonds is 2. The molecule has 0 aliphatic carbocycles. The molecule has 0 aromatic rings. The monoisotopic (exact) mass is 138 g/mol. The number of hydrogen-bond acceptors (Lipinski definition) is 1. The molecule has 0 fully saturated rings. The Kier molecular flexibility index (Phi) is 6.89. The minimum Gasteiger partial charge on any atom is -0.118 e. The highest BCUT2D eigenvalue weighted by molar-refractivity contribution is 8.04. The zero-order valence-corrected chi connectivity index (χ0v) is 6.53. The lowest BCUT2D eigenvalue weighted by atomic mass is 10.7. The molecular formula is C8H10S. The first-order valence-electron chi connectivity index (χ1n) is 2.78. The fourth-order valence-corrected chi connectivity index (χ4v) is 0.746. The minimum absolute atomic E-state index is 1.57. The molecule has 0 radical (unpaired) electrons. The number of allylic oxidation sites excluding steroid dienone is 2. The topological polar surface area (TPSA) is 0 Å². The van der Waals surface area contributed by atoms with Crippen LogP contribution in [0.5, 0.6) is 0 Å². The molecule has 1 heteroatoms. The zero-order valence-electron chi connectivity index (χ0n) is 5.72. The largest absolute Gasteiger partial charge is 0.118 e.